The average molecular weight is 830 g/mol. The van der Waals surface area contributed by atoms with Crippen molar-refractivity contribution < 1.29 is 24.5 Å². The van der Waals surface area contributed by atoms with E-state index in [-0.39, 0.29) is 18.5 Å². The Balaban J connectivity index is 3.51. The normalized spacial score (nSPS) is 12.9. The maximum absolute atomic E-state index is 12.4. The van der Waals surface area contributed by atoms with Gasteiger partial charge in [0.1, 0.15) is 0 Å². The third kappa shape index (κ3) is 45.4. The molecule has 0 aromatic rings. The lowest BCUT2D eigenvalue weighted by Crippen LogP contribution is -2.45. The predicted molar refractivity (Wildman–Crippen MR) is 255 cm³/mol. The van der Waals surface area contributed by atoms with Crippen molar-refractivity contribution in [3.63, 3.8) is 0 Å². The summed E-state index contributed by atoms with van der Waals surface area (Å²) in [6.07, 6.45) is 58.2. The van der Waals surface area contributed by atoms with Gasteiger partial charge in [-0.3, -0.25) is 9.59 Å². The Morgan fingerprint density at radius 2 is 0.847 bits per heavy atom. The average Bonchev–Trinajstić information content (AvgIpc) is 3.24. The van der Waals surface area contributed by atoms with E-state index in [1.165, 1.54) is 148 Å². The summed E-state index contributed by atoms with van der Waals surface area (Å²) in [5.74, 6) is -0.0933. The van der Waals surface area contributed by atoms with Crippen LogP contribution in [-0.4, -0.2) is 47.4 Å². The highest BCUT2D eigenvalue weighted by molar-refractivity contribution is 5.76. The van der Waals surface area contributed by atoms with Gasteiger partial charge in [0, 0.05) is 12.8 Å². The van der Waals surface area contributed by atoms with Crippen molar-refractivity contribution >= 4 is 11.9 Å². The molecule has 0 bridgehead atoms. The van der Waals surface area contributed by atoms with Crippen molar-refractivity contribution in [2.45, 2.75) is 276 Å². The van der Waals surface area contributed by atoms with Gasteiger partial charge in [0.15, 0.2) is 0 Å². The summed E-state index contributed by atoms with van der Waals surface area (Å²) in [4.78, 5) is 24.5. The molecular weight excluding hydrogens is 731 g/mol. The molecule has 0 aliphatic heterocycles. The Morgan fingerprint density at radius 1 is 0.475 bits per heavy atom. The lowest BCUT2D eigenvalue weighted by Gasteiger charge is -2.22. The molecule has 0 aliphatic carbocycles. The number of ether oxygens (including phenoxy) is 1. The van der Waals surface area contributed by atoms with Crippen LogP contribution in [0.2, 0.25) is 0 Å². The number of nitrogens with one attached hydrogen (secondary N) is 1. The fraction of sp³-hybridized carbons (Fsp3) is 0.849. The van der Waals surface area contributed by atoms with E-state index in [9.17, 15) is 19.8 Å². The summed E-state index contributed by atoms with van der Waals surface area (Å²) in [5.41, 5.74) is 0. The first-order chi connectivity index (χ1) is 29.0. The Kier molecular flexibility index (Phi) is 47.2. The second-order valence-corrected chi connectivity index (χ2v) is 17.5. The number of rotatable bonds is 47. The molecule has 0 aromatic carbocycles. The molecule has 346 valence electrons. The molecule has 0 heterocycles. The number of hydrogen-bond donors (Lipinski definition) is 3. The van der Waals surface area contributed by atoms with Gasteiger partial charge in [-0.05, 0) is 83.5 Å². The molecule has 0 aliphatic rings. The Hall–Kier alpha value is -1.92. The Bertz CT molecular complexity index is 962. The second-order valence-electron chi connectivity index (χ2n) is 17.5. The molecule has 0 saturated carbocycles. The van der Waals surface area contributed by atoms with Crippen LogP contribution in [0, 0.1) is 0 Å². The zero-order chi connectivity index (χ0) is 43.0. The minimum Gasteiger partial charge on any atom is -0.466 e. The summed E-state index contributed by atoms with van der Waals surface area (Å²) in [6.45, 7) is 4.88. The van der Waals surface area contributed by atoms with E-state index in [4.69, 9.17) is 4.74 Å². The Labute approximate surface area is 366 Å². The maximum atomic E-state index is 12.4. The minimum atomic E-state index is -0.681. The standard InChI is InChI=1S/C53H99NO5/c1-3-5-7-9-11-13-15-17-18-19-23-27-31-35-39-43-47-53(58)59-48-44-40-36-32-28-24-20-22-26-30-34-38-42-46-52(57)54-50(49-55)51(56)45-41-37-33-29-25-21-16-14-12-10-8-6-4-2/h13,15,18-19,22,26,50-51,55-56H,3-12,14,16-17,20-21,23-25,27-49H2,1-2H3,(H,54,57)/b15-13-,19-18-,26-22-. The van der Waals surface area contributed by atoms with E-state index in [0.717, 1.165) is 83.5 Å². The van der Waals surface area contributed by atoms with E-state index in [0.29, 0.717) is 25.9 Å². The number of aliphatic hydroxyl groups excluding tert-OH is 2. The highest BCUT2D eigenvalue weighted by Crippen LogP contribution is 2.15. The summed E-state index contributed by atoms with van der Waals surface area (Å²) in [5, 5.41) is 23.2. The molecule has 0 aromatic heterocycles. The van der Waals surface area contributed by atoms with Crippen molar-refractivity contribution in [1.29, 1.82) is 0 Å². The van der Waals surface area contributed by atoms with Gasteiger partial charge in [0.25, 0.3) is 0 Å². The molecule has 0 fully saturated rings. The zero-order valence-electron chi connectivity index (χ0n) is 39.2. The molecule has 1 amide bonds. The van der Waals surface area contributed by atoms with Gasteiger partial charge in [-0.25, -0.2) is 0 Å². The molecule has 6 heteroatoms. The number of carbonyl (C=O) groups is 2. The predicted octanol–water partition coefficient (Wildman–Crippen LogP) is 15.3. The molecular formula is C53H99NO5. The van der Waals surface area contributed by atoms with Gasteiger partial charge in [0.2, 0.25) is 5.91 Å². The second kappa shape index (κ2) is 48.7. The van der Waals surface area contributed by atoms with Crippen molar-refractivity contribution in [1.82, 2.24) is 5.32 Å². The van der Waals surface area contributed by atoms with Crippen LogP contribution in [0.5, 0.6) is 0 Å². The number of amides is 1. The molecule has 0 rings (SSSR count). The third-order valence-corrected chi connectivity index (χ3v) is 11.7. The number of unbranched alkanes of at least 4 members (excludes halogenated alkanes) is 30. The molecule has 2 unspecified atom stereocenters. The molecule has 0 radical (unpaired) electrons. The van der Waals surface area contributed by atoms with E-state index in [2.05, 4.69) is 55.6 Å². The SMILES string of the molecule is CCCCCC/C=C\C/C=C\CCCCCCCC(=O)OCCCCCCCC/C=C\CCCCCC(=O)NC(CO)C(O)CCCCCCCCCCCCCCC. The summed E-state index contributed by atoms with van der Waals surface area (Å²) in [6, 6.07) is -0.562. The van der Waals surface area contributed by atoms with E-state index >= 15 is 0 Å². The van der Waals surface area contributed by atoms with Crippen LogP contribution >= 0.6 is 0 Å². The highest BCUT2D eigenvalue weighted by atomic mass is 16.5. The first kappa shape index (κ1) is 57.1. The van der Waals surface area contributed by atoms with Crippen molar-refractivity contribution in [3.8, 4) is 0 Å². The quantitative estimate of drug-likeness (QED) is 0.0323. The summed E-state index contributed by atoms with van der Waals surface area (Å²) < 4.78 is 5.45. The van der Waals surface area contributed by atoms with Crippen molar-refractivity contribution in [2.75, 3.05) is 13.2 Å². The van der Waals surface area contributed by atoms with Crippen LogP contribution in [0.25, 0.3) is 0 Å². The van der Waals surface area contributed by atoms with Crippen LogP contribution in [0.15, 0.2) is 36.5 Å². The van der Waals surface area contributed by atoms with Crippen LogP contribution in [0.1, 0.15) is 264 Å². The molecule has 0 spiro atoms. The Morgan fingerprint density at radius 3 is 1.34 bits per heavy atom. The molecule has 2 atom stereocenters. The summed E-state index contributed by atoms with van der Waals surface area (Å²) in [7, 11) is 0. The molecule has 0 saturated heterocycles. The fourth-order valence-electron chi connectivity index (χ4n) is 7.66. The van der Waals surface area contributed by atoms with E-state index in [1.54, 1.807) is 0 Å². The highest BCUT2D eigenvalue weighted by Gasteiger charge is 2.20. The number of esters is 1. The van der Waals surface area contributed by atoms with Gasteiger partial charge in [-0.15, -0.1) is 0 Å². The van der Waals surface area contributed by atoms with Crippen LogP contribution in [-0.2, 0) is 14.3 Å². The number of hydrogen-bond acceptors (Lipinski definition) is 5. The molecule has 6 nitrogen and oxygen atoms in total. The maximum Gasteiger partial charge on any atom is 0.305 e. The van der Waals surface area contributed by atoms with Gasteiger partial charge in [0.05, 0.1) is 25.4 Å². The van der Waals surface area contributed by atoms with Crippen LogP contribution in [0.3, 0.4) is 0 Å². The summed E-state index contributed by atoms with van der Waals surface area (Å²) >= 11 is 0. The zero-order valence-corrected chi connectivity index (χ0v) is 39.2. The first-order valence-electron chi connectivity index (χ1n) is 25.7. The first-order valence-corrected chi connectivity index (χ1v) is 25.7. The van der Waals surface area contributed by atoms with Gasteiger partial charge < -0.3 is 20.3 Å². The number of allylic oxidation sites excluding steroid dienone is 6. The molecule has 3 N–H and O–H groups in total. The van der Waals surface area contributed by atoms with E-state index < -0.39 is 12.1 Å². The van der Waals surface area contributed by atoms with Crippen molar-refractivity contribution in [3.05, 3.63) is 36.5 Å². The molecule has 59 heavy (non-hydrogen) atoms. The fourth-order valence-corrected chi connectivity index (χ4v) is 7.66. The van der Waals surface area contributed by atoms with Gasteiger partial charge >= 0.3 is 5.97 Å². The third-order valence-electron chi connectivity index (χ3n) is 11.7. The van der Waals surface area contributed by atoms with Gasteiger partial charge in [-0.1, -0.05) is 204 Å². The monoisotopic (exact) mass is 830 g/mol. The minimum absolute atomic E-state index is 0.0266. The lowest BCUT2D eigenvalue weighted by molar-refractivity contribution is -0.143. The van der Waals surface area contributed by atoms with Gasteiger partial charge in [-0.2, -0.15) is 0 Å². The topological polar surface area (TPSA) is 95.9 Å². The smallest absolute Gasteiger partial charge is 0.305 e. The van der Waals surface area contributed by atoms with Crippen LogP contribution < -0.4 is 5.32 Å². The van der Waals surface area contributed by atoms with Crippen LogP contribution in [0.4, 0.5) is 0 Å². The lowest BCUT2D eigenvalue weighted by atomic mass is 10.0. The number of aliphatic hydroxyl groups is 2. The number of carbonyl (C=O) groups excluding carboxylic acids is 2. The van der Waals surface area contributed by atoms with E-state index in [1.807, 2.05) is 0 Å². The van der Waals surface area contributed by atoms with Crippen molar-refractivity contribution in [2.24, 2.45) is 0 Å². The largest absolute Gasteiger partial charge is 0.466 e.